The molecule has 0 N–H and O–H groups in total. The number of carbonyl (C=O) groups excluding carboxylic acids is 2. The Kier molecular flexibility index (Phi) is 3.23. The molecular formula is C12H19NO4. The molecule has 0 aliphatic carbocycles. The summed E-state index contributed by atoms with van der Waals surface area (Å²) in [6.07, 6.45) is 2.98. The van der Waals surface area contributed by atoms with Crippen LogP contribution in [-0.4, -0.2) is 42.1 Å². The SMILES string of the molecule is COC(=O)[C@@H]1[C@H]2CCCCN2O[C@@]1(C)C(C)=O. The Hall–Kier alpha value is -0.940. The number of hydroxylamine groups is 2. The van der Waals surface area contributed by atoms with E-state index < -0.39 is 11.5 Å². The van der Waals surface area contributed by atoms with E-state index in [0.29, 0.717) is 0 Å². The first-order valence-electron chi connectivity index (χ1n) is 6.05. The summed E-state index contributed by atoms with van der Waals surface area (Å²) in [6.45, 7) is 3.94. The van der Waals surface area contributed by atoms with Gasteiger partial charge in [0.2, 0.25) is 0 Å². The van der Waals surface area contributed by atoms with Crippen molar-refractivity contribution in [3.05, 3.63) is 0 Å². The van der Waals surface area contributed by atoms with Gasteiger partial charge in [0.1, 0.15) is 5.92 Å². The minimum absolute atomic E-state index is 0.0231. The molecule has 17 heavy (non-hydrogen) atoms. The van der Waals surface area contributed by atoms with Crippen molar-refractivity contribution < 1.29 is 19.2 Å². The number of esters is 1. The minimum atomic E-state index is -1.07. The summed E-state index contributed by atoms with van der Waals surface area (Å²) in [7, 11) is 1.36. The molecule has 96 valence electrons. The number of carbonyl (C=O) groups is 2. The van der Waals surface area contributed by atoms with Gasteiger partial charge in [0.25, 0.3) is 0 Å². The zero-order valence-electron chi connectivity index (χ0n) is 10.6. The fourth-order valence-electron chi connectivity index (χ4n) is 2.84. The second-order valence-corrected chi connectivity index (χ2v) is 4.96. The highest BCUT2D eigenvalue weighted by Gasteiger charge is 2.58. The number of rotatable bonds is 2. The fourth-order valence-corrected chi connectivity index (χ4v) is 2.84. The molecule has 0 aromatic heterocycles. The number of ether oxygens (including phenoxy) is 1. The van der Waals surface area contributed by atoms with Crippen LogP contribution >= 0.6 is 0 Å². The Balaban J connectivity index is 2.33. The second-order valence-electron chi connectivity index (χ2n) is 4.96. The molecule has 0 amide bonds. The van der Waals surface area contributed by atoms with E-state index in [0.717, 1.165) is 25.8 Å². The van der Waals surface area contributed by atoms with Gasteiger partial charge in [-0.3, -0.25) is 14.4 Å². The van der Waals surface area contributed by atoms with E-state index in [-0.39, 0.29) is 17.8 Å². The summed E-state index contributed by atoms with van der Waals surface area (Å²) in [5.74, 6) is -0.982. The molecule has 3 atom stereocenters. The summed E-state index contributed by atoms with van der Waals surface area (Å²) in [4.78, 5) is 29.4. The van der Waals surface area contributed by atoms with Crippen LogP contribution in [0.2, 0.25) is 0 Å². The standard InChI is InChI=1S/C12H19NO4/c1-8(14)12(2)10(11(15)16-3)9-6-4-5-7-13(9)17-12/h9-10H,4-7H2,1-3H3/t9-,10+,12+/m1/s1. The molecule has 5 heteroatoms. The van der Waals surface area contributed by atoms with Gasteiger partial charge in [0.15, 0.2) is 11.4 Å². The zero-order valence-corrected chi connectivity index (χ0v) is 10.6. The first-order valence-corrected chi connectivity index (χ1v) is 6.05. The normalized spacial score (nSPS) is 37.6. The maximum absolute atomic E-state index is 11.9. The van der Waals surface area contributed by atoms with Crippen LogP contribution in [0.3, 0.4) is 0 Å². The molecular weight excluding hydrogens is 222 g/mol. The molecule has 2 fully saturated rings. The van der Waals surface area contributed by atoms with Gasteiger partial charge in [-0.15, -0.1) is 0 Å². The average Bonchev–Trinajstić information content (AvgIpc) is 2.61. The average molecular weight is 241 g/mol. The van der Waals surface area contributed by atoms with Crippen LogP contribution in [0.25, 0.3) is 0 Å². The van der Waals surface area contributed by atoms with Gasteiger partial charge >= 0.3 is 5.97 Å². The number of nitrogens with zero attached hydrogens (tertiary/aromatic N) is 1. The van der Waals surface area contributed by atoms with Crippen molar-refractivity contribution in [1.29, 1.82) is 0 Å². The molecule has 0 unspecified atom stereocenters. The Morgan fingerprint density at radius 1 is 1.41 bits per heavy atom. The van der Waals surface area contributed by atoms with Gasteiger partial charge in [-0.05, 0) is 26.7 Å². The molecule has 2 heterocycles. The van der Waals surface area contributed by atoms with E-state index >= 15 is 0 Å². The number of hydrogen-bond donors (Lipinski definition) is 0. The molecule has 0 radical (unpaired) electrons. The van der Waals surface area contributed by atoms with Crippen molar-refractivity contribution >= 4 is 11.8 Å². The quantitative estimate of drug-likeness (QED) is 0.673. The van der Waals surface area contributed by atoms with Crippen LogP contribution in [0, 0.1) is 5.92 Å². The van der Waals surface area contributed by atoms with E-state index in [9.17, 15) is 9.59 Å². The van der Waals surface area contributed by atoms with Gasteiger partial charge in [0.05, 0.1) is 13.2 Å². The first-order chi connectivity index (χ1) is 8.00. The van der Waals surface area contributed by atoms with Crippen molar-refractivity contribution in [2.24, 2.45) is 5.92 Å². The third-order valence-electron chi connectivity index (χ3n) is 3.94. The Morgan fingerprint density at radius 2 is 2.12 bits per heavy atom. The number of methoxy groups -OCH3 is 1. The Bertz CT molecular complexity index is 343. The Morgan fingerprint density at radius 3 is 2.71 bits per heavy atom. The van der Waals surface area contributed by atoms with Crippen LogP contribution in [0.5, 0.6) is 0 Å². The number of ketones is 1. The number of piperidine rings is 1. The van der Waals surface area contributed by atoms with E-state index in [1.807, 2.05) is 0 Å². The second kappa shape index (κ2) is 4.38. The highest BCUT2D eigenvalue weighted by molar-refractivity contribution is 5.91. The molecule has 0 spiro atoms. The largest absolute Gasteiger partial charge is 0.469 e. The molecule has 0 saturated carbocycles. The third-order valence-corrected chi connectivity index (χ3v) is 3.94. The highest BCUT2D eigenvalue weighted by Crippen LogP contribution is 2.42. The molecule has 2 aliphatic rings. The predicted octanol–water partition coefficient (Wildman–Crippen LogP) is 0.923. The van der Waals surface area contributed by atoms with Gasteiger partial charge in [-0.1, -0.05) is 6.42 Å². The lowest BCUT2D eigenvalue weighted by Gasteiger charge is -2.28. The highest BCUT2D eigenvalue weighted by atomic mass is 16.7. The topological polar surface area (TPSA) is 55.8 Å². The van der Waals surface area contributed by atoms with Gasteiger partial charge in [-0.2, -0.15) is 5.06 Å². The van der Waals surface area contributed by atoms with Crippen molar-refractivity contribution in [2.45, 2.75) is 44.8 Å². The van der Waals surface area contributed by atoms with Crippen molar-refractivity contribution in [2.75, 3.05) is 13.7 Å². The Labute approximate surface area is 101 Å². The lowest BCUT2D eigenvalue weighted by molar-refractivity contribution is -0.207. The summed E-state index contributed by atoms with van der Waals surface area (Å²) in [5.41, 5.74) is -1.07. The number of fused-ring (bicyclic) bond motifs is 1. The predicted molar refractivity (Wildman–Crippen MR) is 60.0 cm³/mol. The monoisotopic (exact) mass is 241 g/mol. The van der Waals surface area contributed by atoms with E-state index in [4.69, 9.17) is 9.57 Å². The van der Waals surface area contributed by atoms with E-state index in [2.05, 4.69) is 0 Å². The van der Waals surface area contributed by atoms with Crippen LogP contribution in [0.1, 0.15) is 33.1 Å². The van der Waals surface area contributed by atoms with Crippen LogP contribution < -0.4 is 0 Å². The fraction of sp³-hybridized carbons (Fsp3) is 0.833. The molecule has 0 bridgehead atoms. The molecule has 2 saturated heterocycles. The lowest BCUT2D eigenvalue weighted by Crippen LogP contribution is -2.46. The zero-order chi connectivity index (χ0) is 12.6. The maximum Gasteiger partial charge on any atom is 0.313 e. The van der Waals surface area contributed by atoms with Crippen molar-refractivity contribution in [3.63, 3.8) is 0 Å². The van der Waals surface area contributed by atoms with E-state index in [1.165, 1.54) is 14.0 Å². The van der Waals surface area contributed by atoms with Crippen molar-refractivity contribution in [1.82, 2.24) is 5.06 Å². The maximum atomic E-state index is 11.9. The van der Waals surface area contributed by atoms with Gasteiger partial charge in [0, 0.05) is 6.54 Å². The van der Waals surface area contributed by atoms with Gasteiger partial charge < -0.3 is 4.74 Å². The first kappa shape index (κ1) is 12.5. The lowest BCUT2D eigenvalue weighted by atomic mass is 9.79. The van der Waals surface area contributed by atoms with Crippen LogP contribution in [-0.2, 0) is 19.2 Å². The summed E-state index contributed by atoms with van der Waals surface area (Å²) in [5, 5.41) is 1.80. The molecule has 5 nitrogen and oxygen atoms in total. The van der Waals surface area contributed by atoms with Crippen LogP contribution in [0.4, 0.5) is 0 Å². The van der Waals surface area contributed by atoms with Crippen molar-refractivity contribution in [3.8, 4) is 0 Å². The molecule has 0 aromatic carbocycles. The van der Waals surface area contributed by atoms with Crippen LogP contribution in [0.15, 0.2) is 0 Å². The molecule has 0 aromatic rings. The summed E-state index contributed by atoms with van der Waals surface area (Å²) >= 11 is 0. The number of hydrogen-bond acceptors (Lipinski definition) is 5. The molecule has 2 rings (SSSR count). The smallest absolute Gasteiger partial charge is 0.313 e. The van der Waals surface area contributed by atoms with Gasteiger partial charge in [-0.25, -0.2) is 0 Å². The third kappa shape index (κ3) is 1.87. The molecule has 2 aliphatic heterocycles. The summed E-state index contributed by atoms with van der Waals surface area (Å²) in [6, 6.07) is -0.0231. The number of Topliss-reactive ketones (excluding diaryl/α,β-unsaturated/α-hetero) is 1. The minimum Gasteiger partial charge on any atom is -0.469 e. The summed E-state index contributed by atoms with van der Waals surface area (Å²) < 4.78 is 4.83. The van der Waals surface area contributed by atoms with E-state index in [1.54, 1.807) is 12.0 Å².